The third-order valence-corrected chi connectivity index (χ3v) is 13.0. The molecule has 7 atom stereocenters. The maximum Gasteiger partial charge on any atom is 0.220 e. The van der Waals surface area contributed by atoms with Gasteiger partial charge in [-0.25, -0.2) is 0 Å². The van der Waals surface area contributed by atoms with Crippen LogP contribution in [0.4, 0.5) is 0 Å². The Labute approximate surface area is 388 Å². The molecule has 0 bridgehead atoms. The van der Waals surface area contributed by atoms with Crippen LogP contribution in [-0.2, 0) is 14.3 Å². The second-order valence-corrected chi connectivity index (χ2v) is 19.0. The average Bonchev–Trinajstić information content (AvgIpc) is 3.28. The minimum atomic E-state index is -1.57. The van der Waals surface area contributed by atoms with Crippen molar-refractivity contribution < 1.29 is 39.8 Å². The first kappa shape index (κ1) is 59.7. The van der Waals surface area contributed by atoms with Crippen molar-refractivity contribution in [3.63, 3.8) is 0 Å². The lowest BCUT2D eigenvalue weighted by Gasteiger charge is -2.40. The summed E-state index contributed by atoms with van der Waals surface area (Å²) in [6, 6.07) is -0.817. The highest BCUT2D eigenvalue weighted by molar-refractivity contribution is 5.76. The van der Waals surface area contributed by atoms with Gasteiger partial charge in [-0.1, -0.05) is 244 Å². The van der Waals surface area contributed by atoms with Crippen LogP contribution in [0.15, 0.2) is 24.3 Å². The number of carbonyl (C=O) groups is 1. The smallest absolute Gasteiger partial charge is 0.220 e. The maximum atomic E-state index is 13.0. The van der Waals surface area contributed by atoms with Crippen molar-refractivity contribution in [2.24, 2.45) is 0 Å². The number of hydrogen-bond acceptors (Lipinski definition) is 8. The quantitative estimate of drug-likeness (QED) is 0.0261. The van der Waals surface area contributed by atoms with E-state index in [9.17, 15) is 30.3 Å². The van der Waals surface area contributed by atoms with Crippen LogP contribution in [-0.4, -0.2) is 87.5 Å². The zero-order valence-corrected chi connectivity index (χ0v) is 41.1. The van der Waals surface area contributed by atoms with Gasteiger partial charge in [0.2, 0.25) is 5.91 Å². The summed E-state index contributed by atoms with van der Waals surface area (Å²) < 4.78 is 11.2. The summed E-state index contributed by atoms with van der Waals surface area (Å²) >= 11 is 0. The van der Waals surface area contributed by atoms with Gasteiger partial charge in [-0.15, -0.1) is 0 Å². The minimum Gasteiger partial charge on any atom is -0.394 e. The number of hydrogen-bond donors (Lipinski definition) is 6. The molecule has 7 unspecified atom stereocenters. The molecule has 1 fully saturated rings. The van der Waals surface area contributed by atoms with Gasteiger partial charge < -0.3 is 40.3 Å². The Bertz CT molecular complexity index is 1040. The molecule has 1 aliphatic heterocycles. The van der Waals surface area contributed by atoms with Gasteiger partial charge in [0, 0.05) is 6.42 Å². The van der Waals surface area contributed by atoms with E-state index in [2.05, 4.69) is 31.3 Å². The Morgan fingerprint density at radius 2 is 0.905 bits per heavy atom. The number of allylic oxidation sites excluding steroid dienone is 3. The summed E-state index contributed by atoms with van der Waals surface area (Å²) in [7, 11) is 0. The van der Waals surface area contributed by atoms with Crippen molar-refractivity contribution in [1.29, 1.82) is 0 Å². The lowest BCUT2D eigenvalue weighted by atomic mass is 9.99. The monoisotopic (exact) mass is 894 g/mol. The molecule has 9 nitrogen and oxygen atoms in total. The summed E-state index contributed by atoms with van der Waals surface area (Å²) in [5.74, 6) is -0.182. The van der Waals surface area contributed by atoms with Gasteiger partial charge in [0.25, 0.3) is 0 Å². The highest BCUT2D eigenvalue weighted by atomic mass is 16.7. The Hall–Kier alpha value is -1.33. The molecule has 1 amide bonds. The van der Waals surface area contributed by atoms with Crippen molar-refractivity contribution in [3.8, 4) is 0 Å². The van der Waals surface area contributed by atoms with Crippen LogP contribution in [0.2, 0.25) is 0 Å². The van der Waals surface area contributed by atoms with Crippen LogP contribution in [0.5, 0.6) is 0 Å². The summed E-state index contributed by atoms with van der Waals surface area (Å²) in [5, 5.41) is 54.4. The molecule has 1 aliphatic rings. The van der Waals surface area contributed by atoms with Crippen LogP contribution < -0.4 is 5.32 Å². The molecule has 0 aliphatic carbocycles. The van der Waals surface area contributed by atoms with Crippen molar-refractivity contribution in [2.45, 2.75) is 301 Å². The average molecular weight is 894 g/mol. The number of unbranched alkanes of at least 4 members (excludes halogenated alkanes) is 34. The first-order valence-electron chi connectivity index (χ1n) is 27.1. The summed E-state index contributed by atoms with van der Waals surface area (Å²) in [5.41, 5.74) is 0. The Morgan fingerprint density at radius 3 is 1.33 bits per heavy atom. The molecule has 1 saturated heterocycles. The number of amides is 1. The zero-order valence-electron chi connectivity index (χ0n) is 41.1. The first-order valence-corrected chi connectivity index (χ1v) is 27.1. The largest absolute Gasteiger partial charge is 0.394 e. The molecule has 372 valence electrons. The predicted molar refractivity (Wildman–Crippen MR) is 263 cm³/mol. The highest BCUT2D eigenvalue weighted by Gasteiger charge is 2.44. The molecule has 0 aromatic heterocycles. The number of aliphatic hydroxyl groups excluding tert-OH is 5. The van der Waals surface area contributed by atoms with Gasteiger partial charge in [0.1, 0.15) is 24.4 Å². The van der Waals surface area contributed by atoms with Crippen molar-refractivity contribution in [2.75, 3.05) is 13.2 Å². The Morgan fingerprint density at radius 1 is 0.524 bits per heavy atom. The van der Waals surface area contributed by atoms with E-state index >= 15 is 0 Å². The van der Waals surface area contributed by atoms with Crippen LogP contribution in [0, 0.1) is 0 Å². The molecule has 0 aromatic rings. The molecule has 0 radical (unpaired) electrons. The fraction of sp³-hybridized carbons (Fsp3) is 0.907. The predicted octanol–water partition coefficient (Wildman–Crippen LogP) is 12.6. The first-order chi connectivity index (χ1) is 30.8. The van der Waals surface area contributed by atoms with Gasteiger partial charge in [0.15, 0.2) is 6.29 Å². The standard InChI is InChI=1S/C54H103NO8/c1-3-5-7-9-11-13-15-17-19-21-23-24-25-26-27-29-31-33-35-37-39-41-43-48(57)47(46-62-54-53(61)52(60)51(59)49(45-56)63-54)55-50(58)44-42-40-38-36-34-32-30-28-22-20-18-16-14-12-10-8-6-4-2/h33,35,41,43,47-49,51-54,56-57,59-61H,3-32,34,36-40,42,44-46H2,1-2H3,(H,55,58)/b35-33+,43-41+. The number of ether oxygens (including phenoxy) is 2. The highest BCUT2D eigenvalue weighted by Crippen LogP contribution is 2.23. The van der Waals surface area contributed by atoms with Crippen LogP contribution in [0.3, 0.4) is 0 Å². The zero-order chi connectivity index (χ0) is 45.9. The van der Waals surface area contributed by atoms with E-state index in [1.807, 2.05) is 6.08 Å². The molecule has 0 aromatic carbocycles. The lowest BCUT2D eigenvalue weighted by Crippen LogP contribution is -2.60. The van der Waals surface area contributed by atoms with E-state index in [4.69, 9.17) is 9.47 Å². The maximum absolute atomic E-state index is 13.0. The second kappa shape index (κ2) is 44.5. The fourth-order valence-electron chi connectivity index (χ4n) is 8.70. The number of rotatable bonds is 46. The molecule has 1 heterocycles. The number of nitrogens with one attached hydrogen (secondary N) is 1. The van der Waals surface area contributed by atoms with Gasteiger partial charge in [0.05, 0.1) is 25.4 Å². The Balaban J connectivity index is 2.28. The van der Waals surface area contributed by atoms with E-state index in [0.717, 1.165) is 38.5 Å². The molecule has 1 rings (SSSR count). The van der Waals surface area contributed by atoms with Gasteiger partial charge in [-0.05, 0) is 32.1 Å². The van der Waals surface area contributed by atoms with Gasteiger partial charge >= 0.3 is 0 Å². The van der Waals surface area contributed by atoms with Gasteiger partial charge in [-0.3, -0.25) is 4.79 Å². The van der Waals surface area contributed by atoms with E-state index in [0.29, 0.717) is 6.42 Å². The van der Waals surface area contributed by atoms with E-state index in [1.165, 1.54) is 199 Å². The summed E-state index contributed by atoms with van der Waals surface area (Å²) in [6.45, 7) is 3.79. The van der Waals surface area contributed by atoms with Crippen LogP contribution in [0.1, 0.15) is 258 Å². The third kappa shape index (κ3) is 34.6. The normalized spacial score (nSPS) is 20.3. The van der Waals surface area contributed by atoms with E-state index in [1.54, 1.807) is 6.08 Å². The summed E-state index contributed by atoms with van der Waals surface area (Å²) in [4.78, 5) is 13.0. The summed E-state index contributed by atoms with van der Waals surface area (Å²) in [6.07, 6.45) is 48.1. The Kier molecular flexibility index (Phi) is 42.2. The fourth-order valence-corrected chi connectivity index (χ4v) is 8.70. The van der Waals surface area contributed by atoms with E-state index in [-0.39, 0.29) is 12.5 Å². The van der Waals surface area contributed by atoms with Crippen LogP contribution in [0.25, 0.3) is 0 Å². The second-order valence-electron chi connectivity index (χ2n) is 19.0. The van der Waals surface area contributed by atoms with Crippen molar-refractivity contribution in [3.05, 3.63) is 24.3 Å². The topological polar surface area (TPSA) is 149 Å². The molecule has 63 heavy (non-hydrogen) atoms. The van der Waals surface area contributed by atoms with E-state index < -0.39 is 49.5 Å². The number of carbonyl (C=O) groups excluding carboxylic acids is 1. The van der Waals surface area contributed by atoms with Crippen molar-refractivity contribution in [1.82, 2.24) is 5.32 Å². The third-order valence-electron chi connectivity index (χ3n) is 13.0. The minimum absolute atomic E-state index is 0.182. The van der Waals surface area contributed by atoms with Crippen LogP contribution >= 0.6 is 0 Å². The lowest BCUT2D eigenvalue weighted by molar-refractivity contribution is -0.302. The molecule has 0 spiro atoms. The molecular weight excluding hydrogens is 791 g/mol. The van der Waals surface area contributed by atoms with Gasteiger partial charge in [-0.2, -0.15) is 0 Å². The molecule has 0 saturated carbocycles. The number of aliphatic hydroxyl groups is 5. The molecular formula is C54H103NO8. The molecule has 6 N–H and O–H groups in total. The molecule has 9 heteroatoms. The SMILES string of the molecule is CCCCCCCCCCCCCCCCCC/C=C/CC/C=C/C(O)C(COC1OC(CO)C(O)C(O)C1O)NC(=O)CCCCCCCCCCCCCCCCCCCC. The van der Waals surface area contributed by atoms with Crippen molar-refractivity contribution >= 4 is 5.91 Å².